The van der Waals surface area contributed by atoms with Gasteiger partial charge in [-0.15, -0.1) is 0 Å². The SMILES string of the molecule is CCn1c(CNC(=O)c2nc(Cl)c(N)nc2N)nc2cc(C(=O)OC)ccc21. The molecule has 3 rings (SSSR count). The van der Waals surface area contributed by atoms with Gasteiger partial charge >= 0.3 is 5.97 Å². The van der Waals surface area contributed by atoms with Crippen LogP contribution in [-0.2, 0) is 17.8 Å². The van der Waals surface area contributed by atoms with Crippen LogP contribution in [0.15, 0.2) is 18.2 Å². The van der Waals surface area contributed by atoms with Crippen molar-refractivity contribution in [3.63, 3.8) is 0 Å². The number of hydrogen-bond donors (Lipinski definition) is 3. The maximum atomic E-state index is 12.4. The van der Waals surface area contributed by atoms with Crippen molar-refractivity contribution in [3.05, 3.63) is 40.4 Å². The Morgan fingerprint density at radius 3 is 2.64 bits per heavy atom. The van der Waals surface area contributed by atoms with Crippen LogP contribution in [0.1, 0.15) is 33.6 Å². The molecule has 2 heterocycles. The lowest BCUT2D eigenvalue weighted by atomic mass is 10.2. The number of carbonyl (C=O) groups is 2. The average Bonchev–Trinajstić information content (AvgIpc) is 3.04. The Kier molecular flexibility index (Phi) is 5.32. The lowest BCUT2D eigenvalue weighted by Gasteiger charge is -2.09. The van der Waals surface area contributed by atoms with Gasteiger partial charge in [0, 0.05) is 6.54 Å². The van der Waals surface area contributed by atoms with Gasteiger partial charge in [0.05, 0.1) is 30.3 Å². The van der Waals surface area contributed by atoms with Crippen molar-refractivity contribution in [1.82, 2.24) is 24.8 Å². The number of amides is 1. The first-order chi connectivity index (χ1) is 13.3. The molecule has 0 bridgehead atoms. The third-order valence-electron chi connectivity index (χ3n) is 4.09. The minimum atomic E-state index is -0.558. The molecule has 0 aliphatic carbocycles. The van der Waals surface area contributed by atoms with Gasteiger partial charge < -0.3 is 26.1 Å². The Morgan fingerprint density at radius 2 is 1.96 bits per heavy atom. The second-order valence-electron chi connectivity index (χ2n) is 5.78. The molecule has 3 aromatic rings. The summed E-state index contributed by atoms with van der Waals surface area (Å²) in [7, 11) is 1.32. The van der Waals surface area contributed by atoms with Crippen molar-refractivity contribution < 1.29 is 14.3 Å². The van der Waals surface area contributed by atoms with E-state index >= 15 is 0 Å². The van der Waals surface area contributed by atoms with Gasteiger partial charge in [-0.3, -0.25) is 4.79 Å². The first kappa shape index (κ1) is 19.4. The fourth-order valence-electron chi connectivity index (χ4n) is 2.76. The van der Waals surface area contributed by atoms with E-state index in [2.05, 4.69) is 20.3 Å². The van der Waals surface area contributed by atoms with E-state index in [0.29, 0.717) is 23.4 Å². The molecule has 1 aromatic carbocycles. The van der Waals surface area contributed by atoms with Gasteiger partial charge in [0.15, 0.2) is 22.5 Å². The second kappa shape index (κ2) is 7.69. The number of hydrogen-bond acceptors (Lipinski definition) is 8. The number of benzene rings is 1. The highest BCUT2D eigenvalue weighted by molar-refractivity contribution is 6.31. The highest BCUT2D eigenvalue weighted by Crippen LogP contribution is 2.20. The van der Waals surface area contributed by atoms with E-state index in [4.69, 9.17) is 27.8 Å². The number of ether oxygens (including phenoxy) is 1. The van der Waals surface area contributed by atoms with Crippen LogP contribution in [0.3, 0.4) is 0 Å². The number of anilines is 2. The average molecular weight is 404 g/mol. The van der Waals surface area contributed by atoms with Crippen LogP contribution < -0.4 is 16.8 Å². The number of esters is 1. The Labute approximate surface area is 164 Å². The Bertz CT molecular complexity index is 1080. The van der Waals surface area contributed by atoms with Gasteiger partial charge in [-0.2, -0.15) is 0 Å². The van der Waals surface area contributed by atoms with E-state index in [-0.39, 0.29) is 29.0 Å². The summed E-state index contributed by atoms with van der Waals surface area (Å²) in [5, 5.41) is 2.59. The number of rotatable bonds is 5. The van der Waals surface area contributed by atoms with Crippen LogP contribution in [0.5, 0.6) is 0 Å². The largest absolute Gasteiger partial charge is 0.465 e. The number of methoxy groups -OCH3 is 1. The van der Waals surface area contributed by atoms with Crippen LogP contribution in [0, 0.1) is 0 Å². The molecule has 2 aromatic heterocycles. The quantitative estimate of drug-likeness (QED) is 0.540. The molecular weight excluding hydrogens is 386 g/mol. The molecule has 28 heavy (non-hydrogen) atoms. The van der Waals surface area contributed by atoms with E-state index in [1.807, 2.05) is 11.5 Å². The van der Waals surface area contributed by atoms with E-state index in [9.17, 15) is 9.59 Å². The molecule has 146 valence electrons. The molecule has 0 aliphatic heterocycles. The number of nitrogen functional groups attached to an aromatic ring is 2. The first-order valence-corrected chi connectivity index (χ1v) is 8.67. The van der Waals surface area contributed by atoms with E-state index < -0.39 is 11.9 Å². The molecule has 0 radical (unpaired) electrons. The van der Waals surface area contributed by atoms with Crippen LogP contribution in [0.25, 0.3) is 11.0 Å². The molecule has 0 fully saturated rings. The summed E-state index contributed by atoms with van der Waals surface area (Å²) in [6.07, 6.45) is 0. The number of halogens is 1. The zero-order chi connectivity index (χ0) is 20.4. The fourth-order valence-corrected chi connectivity index (χ4v) is 2.89. The summed E-state index contributed by atoms with van der Waals surface area (Å²) in [5.41, 5.74) is 12.9. The molecule has 0 saturated heterocycles. The summed E-state index contributed by atoms with van der Waals surface area (Å²) in [4.78, 5) is 36.3. The van der Waals surface area contributed by atoms with E-state index in [1.54, 1.807) is 18.2 Å². The topological polar surface area (TPSA) is 151 Å². The molecule has 0 saturated carbocycles. The highest BCUT2D eigenvalue weighted by Gasteiger charge is 2.18. The van der Waals surface area contributed by atoms with Gasteiger partial charge in [-0.05, 0) is 25.1 Å². The summed E-state index contributed by atoms with van der Waals surface area (Å²) in [6, 6.07) is 5.09. The zero-order valence-corrected chi connectivity index (χ0v) is 15.9. The third-order valence-corrected chi connectivity index (χ3v) is 4.37. The third kappa shape index (κ3) is 3.54. The van der Waals surface area contributed by atoms with Gasteiger partial charge in [0.25, 0.3) is 5.91 Å². The monoisotopic (exact) mass is 403 g/mol. The number of aromatic nitrogens is 4. The van der Waals surface area contributed by atoms with E-state index in [1.165, 1.54) is 7.11 Å². The smallest absolute Gasteiger partial charge is 0.337 e. The van der Waals surface area contributed by atoms with Gasteiger partial charge in [0.2, 0.25) is 0 Å². The molecule has 0 atom stereocenters. The Hall–Kier alpha value is -3.40. The summed E-state index contributed by atoms with van der Waals surface area (Å²) >= 11 is 5.81. The van der Waals surface area contributed by atoms with Crippen molar-refractivity contribution >= 4 is 46.1 Å². The molecule has 11 heteroatoms. The lowest BCUT2D eigenvalue weighted by Crippen LogP contribution is -2.27. The molecule has 0 spiro atoms. The van der Waals surface area contributed by atoms with Crippen molar-refractivity contribution in [3.8, 4) is 0 Å². The predicted molar refractivity (Wildman–Crippen MR) is 104 cm³/mol. The molecule has 1 amide bonds. The number of fused-ring (bicyclic) bond motifs is 1. The summed E-state index contributed by atoms with van der Waals surface area (Å²) in [6.45, 7) is 2.68. The van der Waals surface area contributed by atoms with Crippen LogP contribution in [0.4, 0.5) is 11.6 Å². The highest BCUT2D eigenvalue weighted by atomic mass is 35.5. The number of carbonyl (C=O) groups excluding carboxylic acids is 2. The van der Waals surface area contributed by atoms with Gasteiger partial charge in [0.1, 0.15) is 5.82 Å². The predicted octanol–water partition coefficient (Wildman–Crippen LogP) is 1.38. The number of nitrogens with two attached hydrogens (primary N) is 2. The standard InChI is InChI=1S/C17H18ClN7O3/c1-3-25-10-5-4-8(17(27)28-2)6-9(10)22-11(25)7-21-16(26)12-14(19)24-15(20)13(18)23-12/h4-6H,3,7H2,1-2H3,(H,21,26)(H4,19,20,24). The maximum absolute atomic E-state index is 12.4. The summed E-state index contributed by atoms with van der Waals surface area (Å²) < 4.78 is 6.65. The number of nitrogens with zero attached hydrogens (tertiary/aromatic N) is 4. The number of imidazole rings is 1. The van der Waals surface area contributed by atoms with Crippen molar-refractivity contribution in [2.24, 2.45) is 0 Å². The van der Waals surface area contributed by atoms with Crippen LogP contribution >= 0.6 is 11.6 Å². The number of nitrogens with one attached hydrogen (secondary N) is 1. The Balaban J connectivity index is 1.86. The van der Waals surface area contributed by atoms with Crippen molar-refractivity contribution in [2.45, 2.75) is 20.0 Å². The second-order valence-corrected chi connectivity index (χ2v) is 6.14. The molecule has 5 N–H and O–H groups in total. The van der Waals surface area contributed by atoms with Gasteiger partial charge in [-0.25, -0.2) is 19.7 Å². The van der Waals surface area contributed by atoms with Crippen molar-refractivity contribution in [1.29, 1.82) is 0 Å². The maximum Gasteiger partial charge on any atom is 0.337 e. The van der Waals surface area contributed by atoms with Crippen LogP contribution in [0.2, 0.25) is 5.15 Å². The minimum Gasteiger partial charge on any atom is -0.465 e. The first-order valence-electron chi connectivity index (χ1n) is 8.29. The fraction of sp³-hybridized carbons (Fsp3) is 0.235. The molecule has 0 unspecified atom stereocenters. The minimum absolute atomic E-state index is 0.0510. The zero-order valence-electron chi connectivity index (χ0n) is 15.2. The van der Waals surface area contributed by atoms with Gasteiger partial charge in [-0.1, -0.05) is 11.6 Å². The Morgan fingerprint density at radius 1 is 1.21 bits per heavy atom. The molecule has 10 nitrogen and oxygen atoms in total. The van der Waals surface area contributed by atoms with E-state index in [0.717, 1.165) is 5.52 Å². The summed E-state index contributed by atoms with van der Waals surface area (Å²) in [5.74, 6) is -0.578. The van der Waals surface area contributed by atoms with Crippen molar-refractivity contribution in [2.75, 3.05) is 18.6 Å². The molecular formula is C17H18ClN7O3. The molecule has 0 aliphatic rings. The normalized spacial score (nSPS) is 10.8. The lowest BCUT2D eigenvalue weighted by molar-refractivity contribution is 0.0600. The van der Waals surface area contributed by atoms with Crippen LogP contribution in [-0.4, -0.2) is 38.5 Å². The number of aryl methyl sites for hydroxylation is 1.